The van der Waals surface area contributed by atoms with E-state index in [0.29, 0.717) is 18.9 Å². The Balaban J connectivity index is 1.52. The van der Waals surface area contributed by atoms with Crippen molar-refractivity contribution in [3.8, 4) is 11.5 Å². The summed E-state index contributed by atoms with van der Waals surface area (Å²) in [5, 5.41) is 3.06. The summed E-state index contributed by atoms with van der Waals surface area (Å²) in [7, 11) is 0. The van der Waals surface area contributed by atoms with E-state index in [-0.39, 0.29) is 11.9 Å². The Bertz CT molecular complexity index is 887. The zero-order valence-electron chi connectivity index (χ0n) is 15.4. The topological polar surface area (TPSA) is 71.5 Å². The fourth-order valence-electron chi connectivity index (χ4n) is 3.45. The van der Waals surface area contributed by atoms with Gasteiger partial charge in [-0.3, -0.25) is 9.69 Å². The van der Waals surface area contributed by atoms with Crippen molar-refractivity contribution in [2.45, 2.75) is 38.9 Å². The van der Waals surface area contributed by atoms with Gasteiger partial charge >= 0.3 is 0 Å². The van der Waals surface area contributed by atoms with Crippen LogP contribution in [0.2, 0.25) is 0 Å². The molecule has 0 spiro atoms. The molecule has 1 aromatic carbocycles. The van der Waals surface area contributed by atoms with Crippen LogP contribution in [0.5, 0.6) is 0 Å². The van der Waals surface area contributed by atoms with Crippen molar-refractivity contribution in [3.63, 3.8) is 0 Å². The molecule has 140 valence electrons. The minimum Gasteiger partial charge on any atom is -0.472 e. The van der Waals surface area contributed by atoms with Gasteiger partial charge in [-0.2, -0.15) is 0 Å². The third-order valence-electron chi connectivity index (χ3n) is 4.85. The number of rotatable bonds is 7. The van der Waals surface area contributed by atoms with Crippen LogP contribution >= 0.6 is 0 Å². The van der Waals surface area contributed by atoms with Gasteiger partial charge in [-0.25, -0.2) is 4.98 Å². The van der Waals surface area contributed by atoms with Crippen molar-refractivity contribution in [3.05, 3.63) is 65.9 Å². The first kappa shape index (κ1) is 17.5. The van der Waals surface area contributed by atoms with Gasteiger partial charge in [0.05, 0.1) is 17.5 Å². The Kier molecular flexibility index (Phi) is 5.07. The number of benzene rings is 1. The van der Waals surface area contributed by atoms with Gasteiger partial charge in [0.1, 0.15) is 12.0 Å². The largest absolute Gasteiger partial charge is 0.472 e. The molecule has 1 aliphatic heterocycles. The van der Waals surface area contributed by atoms with E-state index in [2.05, 4.69) is 27.3 Å². The van der Waals surface area contributed by atoms with Crippen molar-refractivity contribution in [1.82, 2.24) is 15.2 Å². The molecule has 0 aliphatic carbocycles. The molecule has 6 nitrogen and oxygen atoms in total. The SMILES string of the molecule is Cc1oc(-c2ccoc2)nc1CN(Cc1ccccc1)C[C@@H]1CCC(=O)N1. The van der Waals surface area contributed by atoms with Gasteiger partial charge in [-0.05, 0) is 25.0 Å². The Labute approximate surface area is 158 Å². The molecule has 1 N–H and O–H groups in total. The maximum Gasteiger partial charge on any atom is 0.229 e. The number of nitrogens with one attached hydrogen (secondary N) is 1. The number of nitrogens with zero attached hydrogens (tertiary/aromatic N) is 2. The molecule has 1 saturated heterocycles. The second kappa shape index (κ2) is 7.80. The van der Waals surface area contributed by atoms with E-state index in [1.807, 2.05) is 31.2 Å². The molecule has 2 aromatic heterocycles. The second-order valence-electron chi connectivity index (χ2n) is 6.99. The van der Waals surface area contributed by atoms with Crippen LogP contribution in [-0.2, 0) is 17.9 Å². The summed E-state index contributed by atoms with van der Waals surface area (Å²) in [6.07, 6.45) is 4.73. The fourth-order valence-corrected chi connectivity index (χ4v) is 3.45. The average Bonchev–Trinajstić information content (AvgIpc) is 3.39. The normalized spacial score (nSPS) is 16.8. The minimum absolute atomic E-state index is 0.138. The van der Waals surface area contributed by atoms with Crippen molar-refractivity contribution in [2.24, 2.45) is 0 Å². The highest BCUT2D eigenvalue weighted by molar-refractivity contribution is 5.78. The molecule has 1 atom stereocenters. The second-order valence-corrected chi connectivity index (χ2v) is 6.99. The molecule has 27 heavy (non-hydrogen) atoms. The molecule has 0 radical (unpaired) electrons. The molecular formula is C21H23N3O3. The Morgan fingerprint density at radius 1 is 1.22 bits per heavy atom. The number of oxazole rings is 1. The molecule has 0 bridgehead atoms. The van der Waals surface area contributed by atoms with Crippen LogP contribution in [0.4, 0.5) is 0 Å². The molecule has 3 aromatic rings. The first-order chi connectivity index (χ1) is 13.2. The number of aryl methyl sites for hydroxylation is 1. The van der Waals surface area contributed by atoms with E-state index < -0.39 is 0 Å². The molecule has 3 heterocycles. The maximum atomic E-state index is 11.6. The summed E-state index contributed by atoms with van der Waals surface area (Å²) in [6, 6.07) is 12.4. The Morgan fingerprint density at radius 3 is 2.78 bits per heavy atom. The number of aromatic nitrogens is 1. The molecule has 0 unspecified atom stereocenters. The lowest BCUT2D eigenvalue weighted by Gasteiger charge is -2.25. The van der Waals surface area contributed by atoms with Crippen LogP contribution in [0, 0.1) is 6.92 Å². The fraction of sp³-hybridized carbons (Fsp3) is 0.333. The predicted molar refractivity (Wildman–Crippen MR) is 101 cm³/mol. The third kappa shape index (κ3) is 4.28. The molecule has 4 rings (SSSR count). The Hall–Kier alpha value is -2.86. The first-order valence-corrected chi connectivity index (χ1v) is 9.22. The van der Waals surface area contributed by atoms with E-state index in [1.54, 1.807) is 12.5 Å². The van der Waals surface area contributed by atoms with E-state index in [9.17, 15) is 4.79 Å². The zero-order valence-corrected chi connectivity index (χ0v) is 15.4. The lowest BCUT2D eigenvalue weighted by molar-refractivity contribution is -0.119. The summed E-state index contributed by atoms with van der Waals surface area (Å²) >= 11 is 0. The standard InChI is InChI=1S/C21H23N3O3/c1-15-19(23-21(27-15)17-9-10-26-14-17)13-24(11-16-5-3-2-4-6-16)12-18-7-8-20(25)22-18/h2-6,9-10,14,18H,7-8,11-13H2,1H3,(H,22,25)/t18-/m0/s1. The Morgan fingerprint density at radius 2 is 2.07 bits per heavy atom. The maximum absolute atomic E-state index is 11.6. The molecular weight excluding hydrogens is 342 g/mol. The van der Waals surface area contributed by atoms with Crippen LogP contribution < -0.4 is 5.32 Å². The molecule has 1 aliphatic rings. The zero-order chi connectivity index (χ0) is 18.6. The van der Waals surface area contributed by atoms with Gasteiger partial charge in [0, 0.05) is 32.1 Å². The van der Waals surface area contributed by atoms with E-state index in [1.165, 1.54) is 5.56 Å². The van der Waals surface area contributed by atoms with Gasteiger partial charge in [0.15, 0.2) is 0 Å². The molecule has 6 heteroatoms. The van der Waals surface area contributed by atoms with Crippen molar-refractivity contribution in [1.29, 1.82) is 0 Å². The lowest BCUT2D eigenvalue weighted by atomic mass is 10.1. The van der Waals surface area contributed by atoms with Gasteiger partial charge in [-0.1, -0.05) is 30.3 Å². The number of hydrogen-bond acceptors (Lipinski definition) is 5. The molecule has 1 fully saturated rings. The monoisotopic (exact) mass is 365 g/mol. The quantitative estimate of drug-likeness (QED) is 0.694. The summed E-state index contributed by atoms with van der Waals surface area (Å²) in [6.45, 7) is 4.17. The molecule has 1 amide bonds. The van der Waals surface area contributed by atoms with Crippen molar-refractivity contribution >= 4 is 5.91 Å². The smallest absolute Gasteiger partial charge is 0.229 e. The summed E-state index contributed by atoms with van der Waals surface area (Å²) in [4.78, 5) is 18.6. The van der Waals surface area contributed by atoms with Crippen LogP contribution in [-0.4, -0.2) is 28.4 Å². The van der Waals surface area contributed by atoms with E-state index >= 15 is 0 Å². The summed E-state index contributed by atoms with van der Waals surface area (Å²) in [5.41, 5.74) is 2.98. The third-order valence-corrected chi connectivity index (χ3v) is 4.85. The van der Waals surface area contributed by atoms with Gasteiger partial charge in [0.2, 0.25) is 11.8 Å². The van der Waals surface area contributed by atoms with E-state index in [4.69, 9.17) is 8.83 Å². The van der Waals surface area contributed by atoms with Gasteiger partial charge < -0.3 is 14.2 Å². The summed E-state index contributed by atoms with van der Waals surface area (Å²) in [5.74, 6) is 1.52. The number of carbonyl (C=O) groups excluding carboxylic acids is 1. The van der Waals surface area contributed by atoms with E-state index in [0.717, 1.165) is 36.5 Å². The van der Waals surface area contributed by atoms with Crippen LogP contribution in [0.25, 0.3) is 11.5 Å². The number of carbonyl (C=O) groups is 1. The highest BCUT2D eigenvalue weighted by Crippen LogP contribution is 2.23. The predicted octanol–water partition coefficient (Wildman–Crippen LogP) is 3.52. The summed E-state index contributed by atoms with van der Waals surface area (Å²) < 4.78 is 11.0. The minimum atomic E-state index is 0.138. The highest BCUT2D eigenvalue weighted by Gasteiger charge is 2.24. The number of amides is 1. The van der Waals surface area contributed by atoms with Crippen molar-refractivity contribution < 1.29 is 13.6 Å². The van der Waals surface area contributed by atoms with Crippen molar-refractivity contribution in [2.75, 3.05) is 6.54 Å². The molecule has 0 saturated carbocycles. The number of hydrogen-bond donors (Lipinski definition) is 1. The van der Waals surface area contributed by atoms with Crippen LogP contribution in [0.1, 0.15) is 29.9 Å². The van der Waals surface area contributed by atoms with Gasteiger partial charge in [-0.15, -0.1) is 0 Å². The lowest BCUT2D eigenvalue weighted by Crippen LogP contribution is -2.38. The highest BCUT2D eigenvalue weighted by atomic mass is 16.4. The van der Waals surface area contributed by atoms with Crippen LogP contribution in [0.3, 0.4) is 0 Å². The first-order valence-electron chi connectivity index (χ1n) is 9.22. The van der Waals surface area contributed by atoms with Crippen LogP contribution in [0.15, 0.2) is 57.8 Å². The van der Waals surface area contributed by atoms with Gasteiger partial charge in [0.25, 0.3) is 0 Å². The average molecular weight is 365 g/mol. The number of furan rings is 1.